The van der Waals surface area contributed by atoms with Gasteiger partial charge < -0.3 is 14.7 Å². The number of carboxylic acid groups (broad SMARTS) is 1. The molecule has 2 atom stereocenters. The molecule has 2 unspecified atom stereocenters. The maximum atomic E-state index is 11.0. The van der Waals surface area contributed by atoms with E-state index in [4.69, 9.17) is 21.4 Å². The highest BCUT2D eigenvalue weighted by molar-refractivity contribution is 6.33. The van der Waals surface area contributed by atoms with Gasteiger partial charge in [-0.1, -0.05) is 11.6 Å². The van der Waals surface area contributed by atoms with Gasteiger partial charge in [0, 0.05) is 13.1 Å². The van der Waals surface area contributed by atoms with Crippen molar-refractivity contribution >= 4 is 23.4 Å². The van der Waals surface area contributed by atoms with Crippen LogP contribution in [0.2, 0.25) is 5.02 Å². The van der Waals surface area contributed by atoms with Crippen LogP contribution < -0.4 is 4.90 Å². The summed E-state index contributed by atoms with van der Waals surface area (Å²) in [6.07, 6.45) is 2.63. The summed E-state index contributed by atoms with van der Waals surface area (Å²) in [6, 6.07) is 3.35. The first-order valence-corrected chi connectivity index (χ1v) is 6.31. The molecule has 1 aromatic rings. The van der Waals surface area contributed by atoms with Crippen molar-refractivity contribution in [1.82, 2.24) is 4.98 Å². The molecule has 0 saturated carbocycles. The second-order valence-electron chi connectivity index (χ2n) is 4.67. The Morgan fingerprint density at radius 3 is 2.67 bits per heavy atom. The van der Waals surface area contributed by atoms with Gasteiger partial charge in [-0.25, -0.2) is 9.78 Å². The van der Waals surface area contributed by atoms with Gasteiger partial charge in [-0.05, 0) is 25.0 Å². The van der Waals surface area contributed by atoms with E-state index in [1.165, 1.54) is 0 Å². The molecule has 2 saturated heterocycles. The molecule has 2 aliphatic rings. The fourth-order valence-electron chi connectivity index (χ4n) is 2.56. The number of hydrogen-bond donors (Lipinski definition) is 1. The third-order valence-corrected chi connectivity index (χ3v) is 3.71. The molecule has 3 heterocycles. The Kier molecular flexibility index (Phi) is 2.87. The zero-order valence-corrected chi connectivity index (χ0v) is 10.4. The van der Waals surface area contributed by atoms with Gasteiger partial charge in [0.15, 0.2) is 5.69 Å². The number of aromatic carboxylic acids is 1. The Balaban J connectivity index is 1.88. The lowest BCUT2D eigenvalue weighted by Gasteiger charge is -2.33. The first-order valence-electron chi connectivity index (χ1n) is 5.94. The van der Waals surface area contributed by atoms with Crippen molar-refractivity contribution in [1.29, 1.82) is 0 Å². The lowest BCUT2D eigenvalue weighted by molar-refractivity contribution is 0.0302. The third kappa shape index (κ3) is 2.04. The zero-order valence-electron chi connectivity index (χ0n) is 9.67. The van der Waals surface area contributed by atoms with Crippen LogP contribution >= 0.6 is 11.6 Å². The molecule has 2 fully saturated rings. The molecular weight excluding hydrogens is 256 g/mol. The van der Waals surface area contributed by atoms with Gasteiger partial charge >= 0.3 is 5.97 Å². The summed E-state index contributed by atoms with van der Waals surface area (Å²) in [5, 5.41) is 9.18. The van der Waals surface area contributed by atoms with Crippen LogP contribution in [-0.2, 0) is 4.74 Å². The van der Waals surface area contributed by atoms with E-state index in [1.807, 2.05) is 0 Å². The van der Waals surface area contributed by atoms with Gasteiger partial charge in [-0.2, -0.15) is 0 Å². The molecular formula is C12H13ClN2O3. The Morgan fingerprint density at radius 1 is 1.39 bits per heavy atom. The van der Waals surface area contributed by atoms with E-state index < -0.39 is 5.97 Å². The van der Waals surface area contributed by atoms with Gasteiger partial charge in [0.1, 0.15) is 5.82 Å². The first-order chi connectivity index (χ1) is 8.63. The lowest BCUT2D eigenvalue weighted by atomic mass is 10.2. The Labute approximate surface area is 109 Å². The molecule has 1 aromatic heterocycles. The van der Waals surface area contributed by atoms with E-state index >= 15 is 0 Å². The summed E-state index contributed by atoms with van der Waals surface area (Å²) < 4.78 is 5.74. The second kappa shape index (κ2) is 4.40. The number of aromatic nitrogens is 1. The lowest BCUT2D eigenvalue weighted by Crippen LogP contribution is -2.43. The second-order valence-corrected chi connectivity index (χ2v) is 5.07. The van der Waals surface area contributed by atoms with Gasteiger partial charge in [0.05, 0.1) is 17.2 Å². The number of rotatable bonds is 2. The summed E-state index contributed by atoms with van der Waals surface area (Å²) in [5.74, 6) is -0.435. The number of morpholine rings is 1. The van der Waals surface area contributed by atoms with Crippen LogP contribution in [0.3, 0.4) is 0 Å². The molecule has 0 amide bonds. The topological polar surface area (TPSA) is 62.7 Å². The van der Waals surface area contributed by atoms with Crippen molar-refractivity contribution in [2.75, 3.05) is 18.0 Å². The number of carboxylic acids is 1. The summed E-state index contributed by atoms with van der Waals surface area (Å²) in [7, 11) is 0. The fraction of sp³-hybridized carbons (Fsp3) is 0.500. The number of hydrogen-bond acceptors (Lipinski definition) is 4. The fourth-order valence-corrected chi connectivity index (χ4v) is 2.75. The molecule has 96 valence electrons. The molecule has 0 aliphatic carbocycles. The maximum absolute atomic E-state index is 11.0. The quantitative estimate of drug-likeness (QED) is 0.886. The summed E-state index contributed by atoms with van der Waals surface area (Å²) in [6.45, 7) is 1.54. The number of carbonyl (C=O) groups is 1. The normalized spacial score (nSPS) is 26.4. The third-order valence-electron chi connectivity index (χ3n) is 3.40. The van der Waals surface area contributed by atoms with Gasteiger partial charge in [-0.3, -0.25) is 0 Å². The predicted octanol–water partition coefficient (Wildman–Crippen LogP) is 1.80. The number of nitrogens with zero attached hydrogens (tertiary/aromatic N) is 2. The first kappa shape index (κ1) is 11.7. The van der Waals surface area contributed by atoms with Crippen LogP contribution in [0.15, 0.2) is 12.1 Å². The minimum Gasteiger partial charge on any atom is -0.476 e. The number of pyridine rings is 1. The molecule has 2 bridgehead atoms. The molecule has 1 N–H and O–H groups in total. The summed E-state index contributed by atoms with van der Waals surface area (Å²) >= 11 is 5.81. The van der Waals surface area contributed by atoms with Crippen LogP contribution in [0.1, 0.15) is 23.3 Å². The van der Waals surface area contributed by atoms with Gasteiger partial charge in [0.25, 0.3) is 0 Å². The minimum atomic E-state index is -1.10. The van der Waals surface area contributed by atoms with E-state index in [0.717, 1.165) is 25.9 Å². The Morgan fingerprint density at radius 2 is 2.06 bits per heavy atom. The van der Waals surface area contributed by atoms with Crippen molar-refractivity contribution in [3.8, 4) is 0 Å². The van der Waals surface area contributed by atoms with Crippen molar-refractivity contribution in [3.63, 3.8) is 0 Å². The molecule has 18 heavy (non-hydrogen) atoms. The van der Waals surface area contributed by atoms with E-state index in [2.05, 4.69) is 9.88 Å². The number of ether oxygens (including phenoxy) is 1. The predicted molar refractivity (Wildman–Crippen MR) is 66.3 cm³/mol. The van der Waals surface area contributed by atoms with Crippen LogP contribution in [0.5, 0.6) is 0 Å². The molecule has 2 aliphatic heterocycles. The SMILES string of the molecule is O=C(O)c1nc(N2CC3CCC(C2)O3)ccc1Cl. The summed E-state index contributed by atoms with van der Waals surface area (Å²) in [4.78, 5) is 17.2. The minimum absolute atomic E-state index is 0.0898. The average molecular weight is 269 g/mol. The maximum Gasteiger partial charge on any atom is 0.356 e. The highest BCUT2D eigenvalue weighted by Gasteiger charge is 2.34. The smallest absolute Gasteiger partial charge is 0.356 e. The largest absolute Gasteiger partial charge is 0.476 e. The van der Waals surface area contributed by atoms with E-state index in [1.54, 1.807) is 12.1 Å². The van der Waals surface area contributed by atoms with E-state index in [-0.39, 0.29) is 22.9 Å². The Hall–Kier alpha value is -1.33. The molecule has 0 spiro atoms. The highest BCUT2D eigenvalue weighted by Crippen LogP contribution is 2.29. The van der Waals surface area contributed by atoms with Crippen LogP contribution in [0.25, 0.3) is 0 Å². The van der Waals surface area contributed by atoms with Crippen LogP contribution in [-0.4, -0.2) is 41.4 Å². The monoisotopic (exact) mass is 268 g/mol. The molecule has 0 aromatic carbocycles. The number of fused-ring (bicyclic) bond motifs is 2. The molecule has 6 heteroatoms. The van der Waals surface area contributed by atoms with E-state index in [0.29, 0.717) is 5.82 Å². The van der Waals surface area contributed by atoms with Gasteiger partial charge in [0.2, 0.25) is 0 Å². The zero-order chi connectivity index (χ0) is 12.7. The van der Waals surface area contributed by atoms with Gasteiger partial charge in [-0.15, -0.1) is 0 Å². The van der Waals surface area contributed by atoms with Crippen molar-refractivity contribution in [2.24, 2.45) is 0 Å². The molecule has 0 radical (unpaired) electrons. The molecule has 5 nitrogen and oxygen atoms in total. The standard InChI is InChI=1S/C12H13ClN2O3/c13-9-3-4-10(14-11(9)12(16)17)15-5-7-1-2-8(6-15)18-7/h3-4,7-8H,1-2,5-6H2,(H,16,17). The summed E-state index contributed by atoms with van der Waals surface area (Å²) in [5.41, 5.74) is -0.0898. The van der Waals surface area contributed by atoms with Crippen molar-refractivity contribution < 1.29 is 14.6 Å². The highest BCUT2D eigenvalue weighted by atomic mass is 35.5. The van der Waals surface area contributed by atoms with Crippen molar-refractivity contribution in [2.45, 2.75) is 25.0 Å². The van der Waals surface area contributed by atoms with E-state index in [9.17, 15) is 4.79 Å². The Bertz CT molecular complexity index is 482. The molecule has 3 rings (SSSR count). The average Bonchev–Trinajstić information content (AvgIpc) is 2.68. The van der Waals surface area contributed by atoms with Crippen molar-refractivity contribution in [3.05, 3.63) is 22.8 Å². The number of anilines is 1. The van der Waals surface area contributed by atoms with Crippen LogP contribution in [0.4, 0.5) is 5.82 Å². The number of halogens is 1. The van der Waals surface area contributed by atoms with Crippen LogP contribution in [0, 0.1) is 0 Å².